The van der Waals surface area contributed by atoms with Gasteiger partial charge >= 0.3 is 10.4 Å². The highest BCUT2D eigenvalue weighted by Crippen LogP contribution is 2.13. The third-order valence-electron chi connectivity index (χ3n) is 4.29. The monoisotopic (exact) mass is 395 g/mol. The van der Waals surface area contributed by atoms with Crippen LogP contribution in [0.4, 0.5) is 0 Å². The summed E-state index contributed by atoms with van der Waals surface area (Å²) in [4.78, 5) is 0. The second-order valence-electron chi connectivity index (χ2n) is 6.72. The summed E-state index contributed by atoms with van der Waals surface area (Å²) in [6.07, 6.45) is 13.1. The number of rotatable bonds is 17. The Hall–Kier alpha value is -0.510. The van der Waals surface area contributed by atoms with Crippen LogP contribution in [-0.4, -0.2) is 48.0 Å². The molecule has 0 aliphatic rings. The Labute approximate surface area is 158 Å². The fourth-order valence-electron chi connectivity index (χ4n) is 2.70. The lowest BCUT2D eigenvalue weighted by atomic mass is 10.0. The van der Waals surface area contributed by atoms with Crippen molar-refractivity contribution in [2.75, 3.05) is 6.61 Å². The summed E-state index contributed by atoms with van der Waals surface area (Å²) < 4.78 is 35.0. The first-order chi connectivity index (χ1) is 12.3. The molecule has 0 radical (unpaired) electrons. The van der Waals surface area contributed by atoms with Gasteiger partial charge in [0.15, 0.2) is 0 Å². The van der Waals surface area contributed by atoms with E-state index < -0.39 is 35.3 Å². The second-order valence-corrected chi connectivity index (χ2v) is 7.77. The number of nitrogens with two attached hydrogens (primary N) is 1. The zero-order valence-corrected chi connectivity index (χ0v) is 16.7. The van der Waals surface area contributed by atoms with E-state index in [4.69, 9.17) is 15.4 Å². The maximum absolute atomic E-state index is 10.9. The molecule has 3 atom stereocenters. The molecule has 0 aromatic heterocycles. The van der Waals surface area contributed by atoms with Crippen LogP contribution >= 0.6 is 0 Å². The standard InChI is InChI=1S/C18H37NO6S/c1-2-3-4-5-6-7-8-9-10-11-12-13-14-17(25-26(22,23)24)18(21)16(19)15-20/h12-13,16-18,20-21H,2-11,14-15,19H2,1H3,(H,22,23,24)/t16-,17+,18-/m1/s1. The first kappa shape index (κ1) is 25.5. The highest BCUT2D eigenvalue weighted by atomic mass is 32.3. The summed E-state index contributed by atoms with van der Waals surface area (Å²) in [5.41, 5.74) is 5.49. The number of allylic oxidation sites excluding steroid dienone is 1. The van der Waals surface area contributed by atoms with Crippen molar-refractivity contribution in [1.82, 2.24) is 0 Å². The molecule has 0 heterocycles. The molecular weight excluding hydrogens is 358 g/mol. The van der Waals surface area contributed by atoms with Crippen LogP contribution in [0.2, 0.25) is 0 Å². The summed E-state index contributed by atoms with van der Waals surface area (Å²) in [6.45, 7) is 1.70. The second kappa shape index (κ2) is 15.5. The highest BCUT2D eigenvalue weighted by molar-refractivity contribution is 7.80. The minimum Gasteiger partial charge on any atom is -0.395 e. The quantitative estimate of drug-likeness (QED) is 0.169. The van der Waals surface area contributed by atoms with E-state index in [0.29, 0.717) is 0 Å². The molecule has 0 unspecified atom stereocenters. The van der Waals surface area contributed by atoms with Crippen molar-refractivity contribution in [3.8, 4) is 0 Å². The average Bonchev–Trinajstić information content (AvgIpc) is 2.59. The molecule has 0 rings (SSSR count). The summed E-state index contributed by atoms with van der Waals surface area (Å²) in [5.74, 6) is 0. The van der Waals surface area contributed by atoms with Crippen molar-refractivity contribution in [3.05, 3.63) is 12.2 Å². The topological polar surface area (TPSA) is 130 Å². The van der Waals surface area contributed by atoms with Crippen molar-refractivity contribution in [3.63, 3.8) is 0 Å². The summed E-state index contributed by atoms with van der Waals surface area (Å²) >= 11 is 0. The van der Waals surface area contributed by atoms with Crippen LogP contribution in [-0.2, 0) is 14.6 Å². The smallest absolute Gasteiger partial charge is 0.395 e. The van der Waals surface area contributed by atoms with Crippen LogP contribution in [0.5, 0.6) is 0 Å². The molecule has 156 valence electrons. The molecule has 0 aliphatic heterocycles. The van der Waals surface area contributed by atoms with Gasteiger partial charge in [-0.1, -0.05) is 70.4 Å². The molecule has 0 aromatic rings. The molecule has 26 heavy (non-hydrogen) atoms. The Kier molecular flexibility index (Phi) is 15.2. The van der Waals surface area contributed by atoms with E-state index in [9.17, 15) is 13.5 Å². The molecule has 0 saturated heterocycles. The molecule has 0 amide bonds. The lowest BCUT2D eigenvalue weighted by molar-refractivity contribution is 0.00630. The Bertz CT molecular complexity index is 455. The summed E-state index contributed by atoms with van der Waals surface area (Å²) in [7, 11) is -4.71. The fourth-order valence-corrected chi connectivity index (χ4v) is 3.20. The molecule has 0 aromatic carbocycles. The van der Waals surface area contributed by atoms with Crippen molar-refractivity contribution < 1.29 is 27.4 Å². The molecular formula is C18H37NO6S. The SMILES string of the molecule is CCCCCCCCCCCC=CC[C@H](OS(=O)(=O)O)[C@H](O)[C@H](N)CO. The van der Waals surface area contributed by atoms with Gasteiger partial charge in [-0.3, -0.25) is 4.55 Å². The molecule has 0 fully saturated rings. The molecule has 0 bridgehead atoms. The average molecular weight is 396 g/mol. The predicted octanol–water partition coefficient (Wildman–Crippen LogP) is 2.72. The van der Waals surface area contributed by atoms with Gasteiger partial charge in [-0.2, -0.15) is 8.42 Å². The first-order valence-electron chi connectivity index (χ1n) is 9.67. The lowest BCUT2D eigenvalue weighted by Gasteiger charge is -2.24. The minimum atomic E-state index is -4.71. The van der Waals surface area contributed by atoms with Gasteiger partial charge in [0.25, 0.3) is 0 Å². The largest absolute Gasteiger partial charge is 0.397 e. The van der Waals surface area contributed by atoms with Gasteiger partial charge in [0.1, 0.15) is 6.10 Å². The molecule has 0 saturated carbocycles. The normalized spacial score (nSPS) is 16.0. The van der Waals surface area contributed by atoms with Crippen LogP contribution in [0.25, 0.3) is 0 Å². The zero-order valence-electron chi connectivity index (χ0n) is 15.9. The van der Waals surface area contributed by atoms with Gasteiger partial charge in [0, 0.05) is 0 Å². The third-order valence-corrected chi connectivity index (χ3v) is 4.78. The minimum absolute atomic E-state index is 0.0755. The van der Waals surface area contributed by atoms with Gasteiger partial charge in [0.05, 0.1) is 18.8 Å². The van der Waals surface area contributed by atoms with Crippen LogP contribution in [0.15, 0.2) is 12.2 Å². The molecule has 7 nitrogen and oxygen atoms in total. The van der Waals surface area contributed by atoms with Crippen molar-refractivity contribution in [2.24, 2.45) is 5.73 Å². The third kappa shape index (κ3) is 14.6. The van der Waals surface area contributed by atoms with Gasteiger partial charge in [0.2, 0.25) is 0 Å². The van der Waals surface area contributed by atoms with E-state index in [2.05, 4.69) is 11.1 Å². The van der Waals surface area contributed by atoms with Crippen molar-refractivity contribution in [2.45, 2.75) is 95.8 Å². The Morgan fingerprint density at radius 2 is 1.54 bits per heavy atom. The molecule has 0 aliphatic carbocycles. The van der Waals surface area contributed by atoms with E-state index >= 15 is 0 Å². The van der Waals surface area contributed by atoms with E-state index in [1.165, 1.54) is 44.9 Å². The zero-order chi connectivity index (χ0) is 19.8. The maximum Gasteiger partial charge on any atom is 0.397 e. The Morgan fingerprint density at radius 3 is 2.04 bits per heavy atom. The van der Waals surface area contributed by atoms with Crippen molar-refractivity contribution in [1.29, 1.82) is 0 Å². The molecule has 5 N–H and O–H groups in total. The van der Waals surface area contributed by atoms with Crippen molar-refractivity contribution >= 4 is 10.4 Å². The van der Waals surface area contributed by atoms with Crippen LogP contribution in [0, 0.1) is 0 Å². The van der Waals surface area contributed by atoms with Gasteiger partial charge < -0.3 is 15.9 Å². The van der Waals surface area contributed by atoms with E-state index in [0.717, 1.165) is 19.3 Å². The molecule has 8 heteroatoms. The van der Waals surface area contributed by atoms with E-state index in [-0.39, 0.29) is 6.42 Å². The van der Waals surface area contributed by atoms with E-state index in [1.54, 1.807) is 6.08 Å². The number of unbranched alkanes of at least 4 members (excludes halogenated alkanes) is 9. The number of aliphatic hydroxyl groups is 2. The van der Waals surface area contributed by atoms with Gasteiger partial charge in [-0.05, 0) is 19.3 Å². The van der Waals surface area contributed by atoms with Crippen LogP contribution in [0.1, 0.15) is 77.6 Å². The first-order valence-corrected chi connectivity index (χ1v) is 11.0. The predicted molar refractivity (Wildman–Crippen MR) is 103 cm³/mol. The maximum atomic E-state index is 10.9. The Morgan fingerprint density at radius 1 is 1.00 bits per heavy atom. The molecule has 0 spiro atoms. The Balaban J connectivity index is 3.98. The fraction of sp³-hybridized carbons (Fsp3) is 0.889. The van der Waals surface area contributed by atoms with Crippen LogP contribution < -0.4 is 5.73 Å². The van der Waals surface area contributed by atoms with Crippen LogP contribution in [0.3, 0.4) is 0 Å². The van der Waals surface area contributed by atoms with E-state index in [1.807, 2.05) is 6.08 Å². The number of aliphatic hydroxyl groups excluding tert-OH is 2. The van der Waals surface area contributed by atoms with Gasteiger partial charge in [-0.25, -0.2) is 4.18 Å². The number of hydrogen-bond acceptors (Lipinski definition) is 6. The highest BCUT2D eigenvalue weighted by Gasteiger charge is 2.28. The summed E-state index contributed by atoms with van der Waals surface area (Å²) in [6, 6.07) is -1.05. The van der Waals surface area contributed by atoms with Gasteiger partial charge in [-0.15, -0.1) is 0 Å². The lowest BCUT2D eigenvalue weighted by Crippen LogP contribution is -2.46. The summed E-state index contributed by atoms with van der Waals surface area (Å²) in [5, 5.41) is 18.9. The number of hydrogen-bond donors (Lipinski definition) is 4.